The standard InChI is InChI=1S/C17H21ClN2O2/c1-6-10-14(17(21)22)16(20(4)5)11-8-7-9-12(19(2)3)13(11)15(10)18/h7-9H,6H2,1-5H3,(H,21,22). The highest BCUT2D eigenvalue weighted by Gasteiger charge is 2.24. The monoisotopic (exact) mass is 320 g/mol. The van der Waals surface area contributed by atoms with Crippen LogP contribution in [-0.4, -0.2) is 39.3 Å². The molecule has 0 saturated heterocycles. The van der Waals surface area contributed by atoms with Gasteiger partial charge in [-0.15, -0.1) is 0 Å². The fourth-order valence-corrected chi connectivity index (χ4v) is 3.33. The zero-order valence-corrected chi connectivity index (χ0v) is 14.3. The van der Waals surface area contributed by atoms with Crippen molar-refractivity contribution < 1.29 is 9.90 Å². The number of halogens is 1. The third kappa shape index (κ3) is 2.48. The molecule has 0 atom stereocenters. The van der Waals surface area contributed by atoms with Crippen LogP contribution in [0.15, 0.2) is 18.2 Å². The predicted octanol–water partition coefficient (Wildman–Crippen LogP) is 3.89. The average Bonchev–Trinajstić information content (AvgIpc) is 2.45. The van der Waals surface area contributed by atoms with E-state index < -0.39 is 5.97 Å². The molecule has 118 valence electrons. The number of anilines is 2. The fourth-order valence-electron chi connectivity index (χ4n) is 2.91. The number of carbonyl (C=O) groups is 1. The van der Waals surface area contributed by atoms with E-state index >= 15 is 0 Å². The molecule has 2 aromatic carbocycles. The summed E-state index contributed by atoms with van der Waals surface area (Å²) in [6.45, 7) is 1.93. The summed E-state index contributed by atoms with van der Waals surface area (Å²) in [5.74, 6) is -0.945. The maximum atomic E-state index is 11.8. The summed E-state index contributed by atoms with van der Waals surface area (Å²) in [6.07, 6.45) is 0.568. The lowest BCUT2D eigenvalue weighted by Gasteiger charge is -2.25. The molecule has 0 fully saturated rings. The second kappa shape index (κ2) is 6.05. The van der Waals surface area contributed by atoms with Gasteiger partial charge in [0.2, 0.25) is 0 Å². The Morgan fingerprint density at radius 3 is 2.27 bits per heavy atom. The van der Waals surface area contributed by atoms with Crippen molar-refractivity contribution in [3.8, 4) is 0 Å². The zero-order valence-electron chi connectivity index (χ0n) is 13.6. The highest BCUT2D eigenvalue weighted by Crippen LogP contribution is 2.43. The topological polar surface area (TPSA) is 43.8 Å². The number of carboxylic acid groups (broad SMARTS) is 1. The van der Waals surface area contributed by atoms with Gasteiger partial charge in [-0.25, -0.2) is 4.79 Å². The van der Waals surface area contributed by atoms with Crippen LogP contribution in [-0.2, 0) is 6.42 Å². The van der Waals surface area contributed by atoms with E-state index in [0.717, 1.165) is 16.5 Å². The Balaban J connectivity index is 3.11. The van der Waals surface area contributed by atoms with Crippen LogP contribution in [0, 0.1) is 0 Å². The van der Waals surface area contributed by atoms with Crippen LogP contribution < -0.4 is 9.80 Å². The van der Waals surface area contributed by atoms with Gasteiger partial charge >= 0.3 is 5.97 Å². The molecule has 0 bridgehead atoms. The molecule has 2 rings (SSSR count). The first-order valence-electron chi connectivity index (χ1n) is 7.16. The molecule has 0 saturated carbocycles. The number of fused-ring (bicyclic) bond motifs is 1. The second-order valence-electron chi connectivity index (χ2n) is 5.66. The Morgan fingerprint density at radius 2 is 1.82 bits per heavy atom. The normalized spacial score (nSPS) is 10.8. The average molecular weight is 321 g/mol. The lowest BCUT2D eigenvalue weighted by atomic mass is 9.94. The molecule has 4 nitrogen and oxygen atoms in total. The molecule has 1 N–H and O–H groups in total. The van der Waals surface area contributed by atoms with Crippen LogP contribution >= 0.6 is 11.6 Å². The van der Waals surface area contributed by atoms with Gasteiger partial charge in [0.25, 0.3) is 0 Å². The van der Waals surface area contributed by atoms with Gasteiger partial charge in [-0.05, 0) is 18.1 Å². The van der Waals surface area contributed by atoms with E-state index in [4.69, 9.17) is 11.6 Å². The van der Waals surface area contributed by atoms with Crippen LogP contribution in [0.5, 0.6) is 0 Å². The molecule has 0 aromatic heterocycles. The Hall–Kier alpha value is -1.94. The molecule has 0 aliphatic rings. The van der Waals surface area contributed by atoms with Crippen LogP contribution in [0.2, 0.25) is 5.02 Å². The third-order valence-electron chi connectivity index (χ3n) is 3.82. The lowest BCUT2D eigenvalue weighted by molar-refractivity contribution is 0.0696. The number of benzene rings is 2. The van der Waals surface area contributed by atoms with Gasteiger partial charge in [0, 0.05) is 44.7 Å². The number of carboxylic acids is 1. The summed E-state index contributed by atoms with van der Waals surface area (Å²) < 4.78 is 0. The van der Waals surface area contributed by atoms with Crippen molar-refractivity contribution >= 4 is 39.7 Å². The molecule has 0 unspecified atom stereocenters. The number of aromatic carboxylic acids is 1. The minimum absolute atomic E-state index is 0.293. The number of hydrogen-bond acceptors (Lipinski definition) is 3. The lowest BCUT2D eigenvalue weighted by Crippen LogP contribution is -2.18. The predicted molar refractivity (Wildman–Crippen MR) is 93.9 cm³/mol. The molecule has 0 heterocycles. The van der Waals surface area contributed by atoms with Crippen LogP contribution in [0.4, 0.5) is 11.4 Å². The molecule has 2 aromatic rings. The van der Waals surface area contributed by atoms with Crippen LogP contribution in [0.1, 0.15) is 22.8 Å². The van der Waals surface area contributed by atoms with E-state index in [1.165, 1.54) is 0 Å². The summed E-state index contributed by atoms with van der Waals surface area (Å²) in [6, 6.07) is 5.85. The first kappa shape index (κ1) is 16.4. The number of nitrogens with zero attached hydrogens (tertiary/aromatic N) is 2. The Kier molecular flexibility index (Phi) is 4.52. The first-order valence-corrected chi connectivity index (χ1v) is 7.54. The Morgan fingerprint density at radius 1 is 1.18 bits per heavy atom. The highest BCUT2D eigenvalue weighted by molar-refractivity contribution is 6.39. The summed E-state index contributed by atoms with van der Waals surface area (Å²) in [5, 5.41) is 12.0. The summed E-state index contributed by atoms with van der Waals surface area (Å²) in [7, 11) is 7.63. The largest absolute Gasteiger partial charge is 0.478 e. The summed E-state index contributed by atoms with van der Waals surface area (Å²) >= 11 is 6.61. The van der Waals surface area contributed by atoms with Crippen molar-refractivity contribution in [3.63, 3.8) is 0 Å². The van der Waals surface area contributed by atoms with Gasteiger partial charge in [0.1, 0.15) is 0 Å². The van der Waals surface area contributed by atoms with Gasteiger partial charge < -0.3 is 14.9 Å². The van der Waals surface area contributed by atoms with E-state index in [1.54, 1.807) is 0 Å². The molecule has 0 radical (unpaired) electrons. The molecule has 5 heteroatoms. The highest BCUT2D eigenvalue weighted by atomic mass is 35.5. The van der Waals surface area contributed by atoms with Crippen molar-refractivity contribution in [2.24, 2.45) is 0 Å². The maximum Gasteiger partial charge on any atom is 0.338 e. The SMILES string of the molecule is CCc1c(C(=O)O)c(N(C)C)c2cccc(N(C)C)c2c1Cl. The molecule has 0 amide bonds. The van der Waals surface area contributed by atoms with Gasteiger partial charge in [0.15, 0.2) is 0 Å². The van der Waals surface area contributed by atoms with Crippen molar-refractivity contribution in [3.05, 3.63) is 34.3 Å². The van der Waals surface area contributed by atoms with E-state index in [-0.39, 0.29) is 0 Å². The minimum atomic E-state index is -0.945. The van der Waals surface area contributed by atoms with Gasteiger partial charge in [-0.1, -0.05) is 30.7 Å². The van der Waals surface area contributed by atoms with Crippen molar-refractivity contribution in [2.45, 2.75) is 13.3 Å². The number of rotatable bonds is 4. The Labute approximate surface area is 135 Å². The maximum absolute atomic E-state index is 11.8. The Bertz CT molecular complexity index is 739. The van der Waals surface area contributed by atoms with E-state index in [9.17, 15) is 9.90 Å². The van der Waals surface area contributed by atoms with Gasteiger partial charge in [0.05, 0.1) is 16.3 Å². The zero-order chi connectivity index (χ0) is 16.6. The molecule has 0 spiro atoms. The van der Waals surface area contributed by atoms with Crippen LogP contribution in [0.3, 0.4) is 0 Å². The van der Waals surface area contributed by atoms with Crippen LogP contribution in [0.25, 0.3) is 10.8 Å². The molecular formula is C17H21ClN2O2. The smallest absolute Gasteiger partial charge is 0.338 e. The molecular weight excluding hydrogens is 300 g/mol. The minimum Gasteiger partial charge on any atom is -0.478 e. The second-order valence-corrected chi connectivity index (χ2v) is 6.04. The van der Waals surface area contributed by atoms with Gasteiger partial charge in [-0.2, -0.15) is 0 Å². The third-order valence-corrected chi connectivity index (χ3v) is 4.23. The molecule has 0 aliphatic carbocycles. The number of hydrogen-bond donors (Lipinski definition) is 1. The fraction of sp³-hybridized carbons (Fsp3) is 0.353. The van der Waals surface area contributed by atoms with Crippen molar-refractivity contribution in [1.82, 2.24) is 0 Å². The van der Waals surface area contributed by atoms with E-state index in [1.807, 2.05) is 63.1 Å². The first-order chi connectivity index (χ1) is 10.3. The molecule has 22 heavy (non-hydrogen) atoms. The van der Waals surface area contributed by atoms with E-state index in [2.05, 4.69) is 0 Å². The van der Waals surface area contributed by atoms with E-state index in [0.29, 0.717) is 28.3 Å². The van der Waals surface area contributed by atoms with Crippen molar-refractivity contribution in [2.75, 3.05) is 38.0 Å². The summed E-state index contributed by atoms with van der Waals surface area (Å²) in [4.78, 5) is 15.7. The molecule has 0 aliphatic heterocycles. The van der Waals surface area contributed by atoms with Crippen molar-refractivity contribution in [1.29, 1.82) is 0 Å². The quantitative estimate of drug-likeness (QED) is 0.928. The summed E-state index contributed by atoms with van der Waals surface area (Å²) in [5.41, 5.74) is 2.66. The van der Waals surface area contributed by atoms with Gasteiger partial charge in [-0.3, -0.25) is 0 Å².